The third-order valence-corrected chi connectivity index (χ3v) is 2.04. The molecule has 1 atom stereocenters. The number of methoxy groups -OCH3 is 1. The normalized spacial score (nSPS) is 14.3. The van der Waals surface area contributed by atoms with Crippen LogP contribution in [0.4, 0.5) is 0 Å². The Labute approximate surface area is 98.1 Å². The smallest absolute Gasteiger partial charge is 0.273 e. The number of nitrogens with one attached hydrogen (secondary N) is 1. The summed E-state index contributed by atoms with van der Waals surface area (Å²) in [4.78, 5) is 21.4. The van der Waals surface area contributed by atoms with Crippen molar-refractivity contribution in [2.75, 3.05) is 20.8 Å². The third-order valence-electron chi connectivity index (χ3n) is 2.04. The number of hydrogen-bond donors (Lipinski definition) is 2. The molecule has 0 aliphatic heterocycles. The number of ether oxygens (including phenoxy) is 1. The molecule has 0 aliphatic carbocycles. The first-order chi connectivity index (χ1) is 7.97. The predicted molar refractivity (Wildman–Crippen MR) is 59.7 cm³/mol. The Balaban J connectivity index is 5.03. The minimum absolute atomic E-state index is 0.123. The van der Waals surface area contributed by atoms with Crippen LogP contribution in [0.15, 0.2) is 16.8 Å². The van der Waals surface area contributed by atoms with Gasteiger partial charge >= 0.3 is 0 Å². The van der Waals surface area contributed by atoms with Gasteiger partial charge in [0.2, 0.25) is 0 Å². The second-order valence-electron chi connectivity index (χ2n) is 3.21. The SMILES string of the molecule is CNC(=O)C(/C=C(\C)C(COC)[N+](=O)[O-])=N/O. The van der Waals surface area contributed by atoms with Crippen molar-refractivity contribution >= 4 is 11.6 Å². The summed E-state index contributed by atoms with van der Waals surface area (Å²) < 4.78 is 4.70. The molecule has 0 fully saturated rings. The maximum atomic E-state index is 11.2. The molecule has 0 rings (SSSR count). The average Bonchev–Trinajstić information content (AvgIpc) is 2.31. The van der Waals surface area contributed by atoms with E-state index in [9.17, 15) is 14.9 Å². The minimum Gasteiger partial charge on any atom is -0.410 e. The van der Waals surface area contributed by atoms with Crippen LogP contribution in [0.5, 0.6) is 0 Å². The van der Waals surface area contributed by atoms with E-state index >= 15 is 0 Å². The van der Waals surface area contributed by atoms with Gasteiger partial charge in [0.05, 0.1) is 0 Å². The Hall–Kier alpha value is -1.96. The molecule has 0 saturated heterocycles. The molecule has 8 heteroatoms. The van der Waals surface area contributed by atoms with Gasteiger partial charge in [0, 0.05) is 24.7 Å². The molecule has 0 heterocycles. The maximum Gasteiger partial charge on any atom is 0.273 e. The van der Waals surface area contributed by atoms with Crippen LogP contribution in [0.2, 0.25) is 0 Å². The summed E-state index contributed by atoms with van der Waals surface area (Å²) in [6.45, 7) is 1.34. The molecule has 0 spiro atoms. The van der Waals surface area contributed by atoms with E-state index in [0.717, 1.165) is 6.08 Å². The van der Waals surface area contributed by atoms with Gasteiger partial charge in [-0.15, -0.1) is 0 Å². The molecule has 96 valence electrons. The Morgan fingerprint density at radius 2 is 2.29 bits per heavy atom. The van der Waals surface area contributed by atoms with E-state index < -0.39 is 16.9 Å². The van der Waals surface area contributed by atoms with Gasteiger partial charge < -0.3 is 15.3 Å². The fourth-order valence-corrected chi connectivity index (χ4v) is 1.10. The Kier molecular flexibility index (Phi) is 6.49. The lowest BCUT2D eigenvalue weighted by Crippen LogP contribution is -2.30. The number of carbonyl (C=O) groups excluding carboxylic acids is 1. The zero-order valence-corrected chi connectivity index (χ0v) is 9.84. The molecule has 17 heavy (non-hydrogen) atoms. The van der Waals surface area contributed by atoms with Gasteiger partial charge in [0.1, 0.15) is 6.61 Å². The van der Waals surface area contributed by atoms with Gasteiger partial charge in [-0.2, -0.15) is 0 Å². The predicted octanol–water partition coefficient (Wildman–Crippen LogP) is -0.199. The molecule has 0 radical (unpaired) electrons. The van der Waals surface area contributed by atoms with Gasteiger partial charge in [0.25, 0.3) is 11.9 Å². The maximum absolute atomic E-state index is 11.2. The molecular formula is C9H15N3O5. The fraction of sp³-hybridized carbons (Fsp3) is 0.556. The van der Waals surface area contributed by atoms with Crippen LogP contribution in [0.3, 0.4) is 0 Å². The van der Waals surface area contributed by atoms with Gasteiger partial charge in [-0.25, -0.2) is 0 Å². The summed E-state index contributed by atoms with van der Waals surface area (Å²) in [5, 5.41) is 24.3. The number of nitrogens with zero attached hydrogens (tertiary/aromatic N) is 2. The molecule has 8 nitrogen and oxygen atoms in total. The van der Waals surface area contributed by atoms with Crippen molar-refractivity contribution in [3.05, 3.63) is 21.8 Å². The lowest BCUT2D eigenvalue weighted by molar-refractivity contribution is -0.515. The Bertz CT molecular complexity index is 351. The highest BCUT2D eigenvalue weighted by Gasteiger charge is 2.23. The van der Waals surface area contributed by atoms with Crippen molar-refractivity contribution < 1.29 is 19.7 Å². The molecule has 1 amide bonds. The molecular weight excluding hydrogens is 230 g/mol. The molecule has 0 bridgehead atoms. The highest BCUT2D eigenvalue weighted by molar-refractivity contribution is 6.43. The summed E-state index contributed by atoms with van der Waals surface area (Å²) in [6.07, 6.45) is 1.14. The largest absolute Gasteiger partial charge is 0.410 e. The highest BCUT2D eigenvalue weighted by atomic mass is 16.6. The van der Waals surface area contributed by atoms with Crippen molar-refractivity contribution in [1.29, 1.82) is 0 Å². The van der Waals surface area contributed by atoms with Crippen molar-refractivity contribution in [2.45, 2.75) is 13.0 Å². The molecule has 0 aliphatic rings. The van der Waals surface area contributed by atoms with Crippen LogP contribution >= 0.6 is 0 Å². The zero-order chi connectivity index (χ0) is 13.4. The highest BCUT2D eigenvalue weighted by Crippen LogP contribution is 2.06. The summed E-state index contributed by atoms with van der Waals surface area (Å²) >= 11 is 0. The van der Waals surface area contributed by atoms with Crippen LogP contribution in [0.25, 0.3) is 0 Å². The summed E-state index contributed by atoms with van der Waals surface area (Å²) in [7, 11) is 2.69. The standard InChI is InChI=1S/C9H15N3O5/c1-6(8(5-17-3)12(15)16)4-7(11-14)9(13)10-2/h4,8,14H,5H2,1-3H3,(H,10,13)/b6-4+,11-7+. The Morgan fingerprint density at radius 1 is 1.71 bits per heavy atom. The van der Waals surface area contributed by atoms with Crippen molar-refractivity contribution in [2.24, 2.45) is 5.16 Å². The topological polar surface area (TPSA) is 114 Å². The fourth-order valence-electron chi connectivity index (χ4n) is 1.10. The summed E-state index contributed by atoms with van der Waals surface area (Å²) in [5.74, 6) is -0.633. The quantitative estimate of drug-likeness (QED) is 0.291. The average molecular weight is 245 g/mol. The van der Waals surface area contributed by atoms with E-state index in [1.165, 1.54) is 21.1 Å². The number of rotatable bonds is 6. The molecule has 2 N–H and O–H groups in total. The molecule has 0 aromatic rings. The van der Waals surface area contributed by atoms with E-state index in [4.69, 9.17) is 9.94 Å². The molecule has 0 aromatic carbocycles. The second kappa shape index (κ2) is 7.34. The lowest BCUT2D eigenvalue weighted by atomic mass is 10.1. The van der Waals surface area contributed by atoms with Crippen LogP contribution in [0.1, 0.15) is 6.92 Å². The first kappa shape index (κ1) is 15.0. The summed E-state index contributed by atoms with van der Waals surface area (Å²) in [6, 6.07) is -1.08. The van der Waals surface area contributed by atoms with Crippen molar-refractivity contribution in [1.82, 2.24) is 5.32 Å². The molecule has 1 unspecified atom stereocenters. The van der Waals surface area contributed by atoms with E-state index in [-0.39, 0.29) is 17.9 Å². The first-order valence-corrected chi connectivity index (χ1v) is 4.72. The van der Waals surface area contributed by atoms with Crippen LogP contribution in [-0.2, 0) is 9.53 Å². The number of carbonyl (C=O) groups is 1. The molecule has 0 saturated carbocycles. The van der Waals surface area contributed by atoms with Crippen LogP contribution in [-0.4, -0.2) is 48.6 Å². The van der Waals surface area contributed by atoms with Gasteiger partial charge in [-0.05, 0) is 13.0 Å². The van der Waals surface area contributed by atoms with Crippen molar-refractivity contribution in [3.63, 3.8) is 0 Å². The monoisotopic (exact) mass is 245 g/mol. The van der Waals surface area contributed by atoms with E-state index in [0.29, 0.717) is 0 Å². The summed E-state index contributed by atoms with van der Waals surface area (Å²) in [5.41, 5.74) is -0.0406. The Morgan fingerprint density at radius 3 is 2.65 bits per heavy atom. The zero-order valence-electron chi connectivity index (χ0n) is 9.84. The van der Waals surface area contributed by atoms with Gasteiger partial charge in [-0.3, -0.25) is 14.9 Å². The second-order valence-corrected chi connectivity index (χ2v) is 3.21. The minimum atomic E-state index is -1.08. The first-order valence-electron chi connectivity index (χ1n) is 4.72. The van der Waals surface area contributed by atoms with Gasteiger partial charge in [-0.1, -0.05) is 5.16 Å². The third kappa shape index (κ3) is 4.60. The molecule has 0 aromatic heterocycles. The van der Waals surface area contributed by atoms with E-state index in [1.54, 1.807) is 0 Å². The van der Waals surface area contributed by atoms with Crippen molar-refractivity contribution in [3.8, 4) is 0 Å². The van der Waals surface area contributed by atoms with E-state index in [2.05, 4.69) is 10.5 Å². The number of hydrogen-bond acceptors (Lipinski definition) is 6. The van der Waals surface area contributed by atoms with Crippen LogP contribution in [0, 0.1) is 10.1 Å². The number of nitro groups is 1. The number of amides is 1. The van der Waals surface area contributed by atoms with Crippen LogP contribution < -0.4 is 5.32 Å². The van der Waals surface area contributed by atoms with Gasteiger partial charge in [0.15, 0.2) is 5.71 Å². The van der Waals surface area contributed by atoms with E-state index in [1.807, 2.05) is 0 Å². The lowest BCUT2D eigenvalue weighted by Gasteiger charge is -2.08. The number of oxime groups is 1.